The maximum atomic E-state index is 12.4. The van der Waals surface area contributed by atoms with Crippen LogP contribution in [0, 0.1) is 6.92 Å². The van der Waals surface area contributed by atoms with Gasteiger partial charge in [-0.2, -0.15) is 5.10 Å². The van der Waals surface area contributed by atoms with Gasteiger partial charge in [0.25, 0.3) is 0 Å². The third-order valence-corrected chi connectivity index (χ3v) is 5.41. The monoisotopic (exact) mass is 418 g/mol. The van der Waals surface area contributed by atoms with Crippen LogP contribution in [0.15, 0.2) is 64.9 Å². The Hall–Kier alpha value is -3.72. The smallest absolute Gasteiger partial charge is 0.230 e. The Morgan fingerprint density at radius 2 is 2.10 bits per heavy atom. The van der Waals surface area contributed by atoms with E-state index in [1.807, 2.05) is 59.4 Å². The first-order chi connectivity index (χ1) is 14.6. The molecule has 8 nitrogen and oxygen atoms in total. The van der Waals surface area contributed by atoms with Crippen LogP contribution >= 0.6 is 11.3 Å². The number of fused-ring (bicyclic) bond motifs is 1. The summed E-state index contributed by atoms with van der Waals surface area (Å²) in [6, 6.07) is 9.65. The van der Waals surface area contributed by atoms with Gasteiger partial charge in [-0.1, -0.05) is 6.07 Å². The SMILES string of the molecule is Cc1ccc(-c2nc(CC(=O)Nc3cnn(Cc4cn5ccccc5n4)c3)cs2)o1. The first-order valence-electron chi connectivity index (χ1n) is 9.38. The van der Waals surface area contributed by atoms with Crippen LogP contribution in [-0.4, -0.2) is 30.1 Å². The van der Waals surface area contributed by atoms with E-state index in [4.69, 9.17) is 4.42 Å². The highest BCUT2D eigenvalue weighted by molar-refractivity contribution is 7.13. The molecule has 0 saturated carbocycles. The number of pyridine rings is 1. The van der Waals surface area contributed by atoms with Gasteiger partial charge in [-0.3, -0.25) is 9.48 Å². The van der Waals surface area contributed by atoms with Crippen LogP contribution in [0.3, 0.4) is 0 Å². The molecule has 0 aliphatic rings. The molecule has 1 amide bonds. The van der Waals surface area contributed by atoms with Crippen molar-refractivity contribution in [2.45, 2.75) is 19.9 Å². The molecule has 0 fully saturated rings. The summed E-state index contributed by atoms with van der Waals surface area (Å²) in [6.45, 7) is 2.41. The third kappa shape index (κ3) is 3.87. The topological polar surface area (TPSA) is 90.2 Å². The Kier molecular flexibility index (Phi) is 4.64. The standard InChI is InChI=1S/C21H18N6O2S/c1-14-5-6-18(29-14)21-25-15(13-30-21)8-20(28)24-16-9-22-27(11-16)12-17-10-26-7-3-2-4-19(26)23-17/h2-7,9-11,13H,8,12H2,1H3,(H,24,28). The predicted octanol–water partition coefficient (Wildman–Crippen LogP) is 3.79. The van der Waals surface area contributed by atoms with Gasteiger partial charge in [0, 0.05) is 24.0 Å². The molecule has 1 N–H and O–H groups in total. The summed E-state index contributed by atoms with van der Waals surface area (Å²) < 4.78 is 9.30. The van der Waals surface area contributed by atoms with Crippen LogP contribution < -0.4 is 5.32 Å². The highest BCUT2D eigenvalue weighted by atomic mass is 32.1. The minimum absolute atomic E-state index is 0.144. The molecule has 30 heavy (non-hydrogen) atoms. The molecule has 150 valence electrons. The number of rotatable bonds is 6. The maximum absolute atomic E-state index is 12.4. The lowest BCUT2D eigenvalue weighted by Gasteiger charge is -2.00. The zero-order chi connectivity index (χ0) is 20.5. The summed E-state index contributed by atoms with van der Waals surface area (Å²) in [7, 11) is 0. The zero-order valence-electron chi connectivity index (χ0n) is 16.1. The van der Waals surface area contributed by atoms with Crippen molar-refractivity contribution in [3.05, 3.63) is 77.6 Å². The minimum atomic E-state index is -0.144. The summed E-state index contributed by atoms with van der Waals surface area (Å²) in [4.78, 5) is 21.4. The minimum Gasteiger partial charge on any atom is -0.459 e. The molecule has 0 unspecified atom stereocenters. The number of anilines is 1. The van der Waals surface area contributed by atoms with Crippen LogP contribution in [0.25, 0.3) is 16.4 Å². The van der Waals surface area contributed by atoms with Crippen LogP contribution in [0.2, 0.25) is 0 Å². The molecule has 5 aromatic rings. The lowest BCUT2D eigenvalue weighted by molar-refractivity contribution is -0.115. The summed E-state index contributed by atoms with van der Waals surface area (Å²) in [5, 5.41) is 9.83. The van der Waals surface area contributed by atoms with Gasteiger partial charge in [0.15, 0.2) is 10.8 Å². The molecule has 5 aromatic heterocycles. The molecule has 0 spiro atoms. The number of imidazole rings is 1. The summed E-state index contributed by atoms with van der Waals surface area (Å²) in [5.74, 6) is 1.41. The van der Waals surface area contributed by atoms with Crippen LogP contribution in [0.4, 0.5) is 5.69 Å². The number of carbonyl (C=O) groups is 1. The van der Waals surface area contributed by atoms with Crippen LogP contribution in [0.5, 0.6) is 0 Å². The van der Waals surface area contributed by atoms with Gasteiger partial charge in [-0.05, 0) is 31.2 Å². The molecule has 0 bridgehead atoms. The van der Waals surface area contributed by atoms with Crippen LogP contribution in [0.1, 0.15) is 17.1 Å². The fourth-order valence-corrected chi connectivity index (χ4v) is 3.94. The first-order valence-corrected chi connectivity index (χ1v) is 10.3. The number of nitrogens with one attached hydrogen (secondary N) is 1. The van der Waals surface area contributed by atoms with Gasteiger partial charge < -0.3 is 14.1 Å². The Balaban J connectivity index is 1.21. The average molecular weight is 418 g/mol. The Labute approximate surface area is 175 Å². The van der Waals surface area contributed by atoms with Crippen LogP contribution in [-0.2, 0) is 17.8 Å². The number of aryl methyl sites for hydroxylation is 1. The van der Waals surface area contributed by atoms with E-state index in [-0.39, 0.29) is 12.3 Å². The van der Waals surface area contributed by atoms with E-state index < -0.39 is 0 Å². The van der Waals surface area contributed by atoms with E-state index in [0.29, 0.717) is 17.9 Å². The fraction of sp³-hybridized carbons (Fsp3) is 0.143. The van der Waals surface area contributed by atoms with Crippen molar-refractivity contribution in [3.63, 3.8) is 0 Å². The van der Waals surface area contributed by atoms with Crippen molar-refractivity contribution in [1.29, 1.82) is 0 Å². The number of furan rings is 1. The van der Waals surface area contributed by atoms with Crippen molar-refractivity contribution in [1.82, 2.24) is 24.1 Å². The van der Waals surface area contributed by atoms with Crippen molar-refractivity contribution in [2.24, 2.45) is 0 Å². The molecule has 5 heterocycles. The second-order valence-electron chi connectivity index (χ2n) is 6.90. The Bertz CT molecular complexity index is 1290. The number of thiazole rings is 1. The number of amides is 1. The number of carbonyl (C=O) groups excluding carboxylic acids is 1. The van der Waals surface area contributed by atoms with E-state index in [1.165, 1.54) is 11.3 Å². The summed E-state index contributed by atoms with van der Waals surface area (Å²) in [5.41, 5.74) is 3.13. The van der Waals surface area contributed by atoms with Crippen molar-refractivity contribution in [2.75, 3.05) is 5.32 Å². The zero-order valence-corrected chi connectivity index (χ0v) is 17.0. The van der Waals surface area contributed by atoms with Gasteiger partial charge in [0.05, 0.1) is 36.2 Å². The number of hydrogen-bond donors (Lipinski definition) is 1. The largest absolute Gasteiger partial charge is 0.459 e. The summed E-state index contributed by atoms with van der Waals surface area (Å²) >= 11 is 1.46. The molecule has 5 rings (SSSR count). The molecule has 9 heteroatoms. The molecule has 0 radical (unpaired) electrons. The van der Waals surface area contributed by atoms with Gasteiger partial charge >= 0.3 is 0 Å². The van der Waals surface area contributed by atoms with Crippen molar-refractivity contribution < 1.29 is 9.21 Å². The quantitative estimate of drug-likeness (QED) is 0.453. The lowest BCUT2D eigenvalue weighted by Crippen LogP contribution is -2.14. The van der Waals surface area contributed by atoms with Gasteiger partial charge in [0.1, 0.15) is 11.4 Å². The van der Waals surface area contributed by atoms with E-state index in [0.717, 1.165) is 27.9 Å². The molecule has 0 aliphatic carbocycles. The second-order valence-corrected chi connectivity index (χ2v) is 7.76. The molecule has 0 aliphatic heterocycles. The molecular formula is C21H18N6O2S. The Morgan fingerprint density at radius 1 is 1.17 bits per heavy atom. The van der Waals surface area contributed by atoms with Gasteiger partial charge in [-0.25, -0.2) is 9.97 Å². The predicted molar refractivity (Wildman–Crippen MR) is 113 cm³/mol. The van der Waals surface area contributed by atoms with E-state index in [1.54, 1.807) is 17.1 Å². The Morgan fingerprint density at radius 3 is 2.93 bits per heavy atom. The molecule has 0 saturated heterocycles. The van der Waals surface area contributed by atoms with Gasteiger partial charge in [0.2, 0.25) is 5.91 Å². The van der Waals surface area contributed by atoms with Gasteiger partial charge in [-0.15, -0.1) is 11.3 Å². The maximum Gasteiger partial charge on any atom is 0.230 e. The molecule has 0 atom stereocenters. The third-order valence-electron chi connectivity index (χ3n) is 4.50. The molecular weight excluding hydrogens is 400 g/mol. The number of aromatic nitrogens is 5. The highest BCUT2D eigenvalue weighted by Crippen LogP contribution is 2.25. The van der Waals surface area contributed by atoms with E-state index >= 15 is 0 Å². The number of nitrogens with zero attached hydrogens (tertiary/aromatic N) is 5. The first kappa shape index (κ1) is 18.3. The lowest BCUT2D eigenvalue weighted by atomic mass is 10.3. The van der Waals surface area contributed by atoms with Crippen molar-refractivity contribution in [3.8, 4) is 10.8 Å². The second kappa shape index (κ2) is 7.60. The van der Waals surface area contributed by atoms with Crippen molar-refractivity contribution >= 4 is 28.6 Å². The fourth-order valence-electron chi connectivity index (χ4n) is 3.16. The number of hydrogen-bond acceptors (Lipinski definition) is 6. The summed E-state index contributed by atoms with van der Waals surface area (Å²) in [6.07, 6.45) is 7.53. The van der Waals surface area contributed by atoms with E-state index in [2.05, 4.69) is 20.4 Å². The molecule has 0 aromatic carbocycles. The normalized spacial score (nSPS) is 11.2. The highest BCUT2D eigenvalue weighted by Gasteiger charge is 2.12. The average Bonchev–Trinajstić information content (AvgIpc) is 3.49. The van der Waals surface area contributed by atoms with E-state index in [9.17, 15) is 4.79 Å².